The topological polar surface area (TPSA) is 44.1 Å². The molecule has 0 aromatic heterocycles. The van der Waals surface area contributed by atoms with Crippen LogP contribution in [0.1, 0.15) is 29.0 Å². The molecule has 3 nitrogen and oxygen atoms in total. The van der Waals surface area contributed by atoms with E-state index in [4.69, 9.17) is 23.2 Å². The molecule has 0 fully saturated rings. The van der Waals surface area contributed by atoms with Crippen LogP contribution in [0.2, 0.25) is 10.0 Å². The van der Waals surface area contributed by atoms with Crippen molar-refractivity contribution in [1.29, 1.82) is 5.26 Å². The summed E-state index contributed by atoms with van der Waals surface area (Å²) < 4.78 is 0. The Morgan fingerprint density at radius 1 is 1.16 bits per heavy atom. The first-order chi connectivity index (χ1) is 15.0. The lowest BCUT2D eigenvalue weighted by Crippen LogP contribution is -2.31. The van der Waals surface area contributed by atoms with Gasteiger partial charge in [0.15, 0.2) is 0 Å². The minimum Gasteiger partial charge on any atom is -0.290 e. The van der Waals surface area contributed by atoms with Gasteiger partial charge in [-0.15, -0.1) is 6.58 Å². The quantitative estimate of drug-likeness (QED) is 0.387. The second kappa shape index (κ2) is 9.46. The maximum absolute atomic E-state index is 12.8. The number of carbonyl (C=O) groups is 1. The predicted octanol–water partition coefficient (Wildman–Crippen LogP) is 6.81. The van der Waals surface area contributed by atoms with Gasteiger partial charge in [-0.25, -0.2) is 0 Å². The van der Waals surface area contributed by atoms with Crippen LogP contribution in [0.4, 0.5) is 0 Å². The third-order valence-corrected chi connectivity index (χ3v) is 7.29. The van der Waals surface area contributed by atoms with Gasteiger partial charge in [-0.2, -0.15) is 5.26 Å². The summed E-state index contributed by atoms with van der Waals surface area (Å²) in [5.41, 5.74) is 2.66. The number of hydrogen-bond donors (Lipinski definition) is 0. The molecule has 1 heterocycles. The van der Waals surface area contributed by atoms with Crippen molar-refractivity contribution in [3.05, 3.63) is 87.9 Å². The minimum atomic E-state index is 0.0389. The first-order valence-electron chi connectivity index (χ1n) is 9.93. The molecule has 1 aliphatic rings. The smallest absolute Gasteiger partial charge is 0.207 e. The molecule has 4 rings (SSSR count). The Bertz CT molecular complexity index is 1220. The normalized spacial score (nSPS) is 15.2. The van der Waals surface area contributed by atoms with Crippen LogP contribution in [0.5, 0.6) is 0 Å². The van der Waals surface area contributed by atoms with Crippen LogP contribution in [-0.2, 0) is 11.3 Å². The van der Waals surface area contributed by atoms with Gasteiger partial charge in [0.25, 0.3) is 0 Å². The zero-order valence-electron chi connectivity index (χ0n) is 16.8. The average Bonchev–Trinajstić information content (AvgIpc) is 2.93. The molecule has 0 saturated heterocycles. The van der Waals surface area contributed by atoms with E-state index in [0.717, 1.165) is 33.2 Å². The van der Waals surface area contributed by atoms with Gasteiger partial charge in [-0.05, 0) is 58.3 Å². The summed E-state index contributed by atoms with van der Waals surface area (Å²) in [5.74, 6) is 0.122. The highest BCUT2D eigenvalue weighted by atomic mass is 35.5. The Morgan fingerprint density at radius 2 is 1.97 bits per heavy atom. The Labute approximate surface area is 196 Å². The predicted molar refractivity (Wildman–Crippen MR) is 129 cm³/mol. The SMILES string of the molecule is C=CC[C@H](CN1CC(=O)Sc2c(C#N)cc3ccccc3c2C1)c1ccc(Cl)c(Cl)c1. The van der Waals surface area contributed by atoms with Crippen LogP contribution < -0.4 is 0 Å². The molecule has 1 aliphatic heterocycles. The number of nitriles is 1. The van der Waals surface area contributed by atoms with Crippen molar-refractivity contribution in [2.45, 2.75) is 23.8 Å². The van der Waals surface area contributed by atoms with E-state index in [9.17, 15) is 10.1 Å². The number of benzene rings is 3. The van der Waals surface area contributed by atoms with E-state index in [1.807, 2.05) is 42.5 Å². The molecule has 0 N–H and O–H groups in total. The maximum Gasteiger partial charge on any atom is 0.207 e. The lowest BCUT2D eigenvalue weighted by atomic mass is 9.94. The van der Waals surface area contributed by atoms with Crippen molar-refractivity contribution in [2.24, 2.45) is 0 Å². The molecule has 31 heavy (non-hydrogen) atoms. The van der Waals surface area contributed by atoms with Gasteiger partial charge in [-0.1, -0.05) is 59.6 Å². The first kappa shape index (κ1) is 21.9. The average molecular weight is 467 g/mol. The second-order valence-corrected chi connectivity index (χ2v) is 9.49. The number of carbonyl (C=O) groups excluding carboxylic acids is 1. The van der Waals surface area contributed by atoms with E-state index in [1.165, 1.54) is 11.8 Å². The van der Waals surface area contributed by atoms with E-state index >= 15 is 0 Å². The van der Waals surface area contributed by atoms with Crippen molar-refractivity contribution in [2.75, 3.05) is 13.1 Å². The summed E-state index contributed by atoms with van der Waals surface area (Å²) in [7, 11) is 0. The number of allylic oxidation sites excluding steroid dienone is 1. The first-order valence-corrected chi connectivity index (χ1v) is 11.5. The van der Waals surface area contributed by atoms with Crippen molar-refractivity contribution in [3.8, 4) is 6.07 Å². The Hall–Kier alpha value is -2.29. The van der Waals surface area contributed by atoms with Gasteiger partial charge >= 0.3 is 0 Å². The van der Waals surface area contributed by atoms with Gasteiger partial charge in [0.05, 0.1) is 22.2 Å². The summed E-state index contributed by atoms with van der Waals surface area (Å²) in [5, 5.41) is 12.9. The number of hydrogen-bond acceptors (Lipinski definition) is 4. The third-order valence-electron chi connectivity index (χ3n) is 5.52. The zero-order valence-corrected chi connectivity index (χ0v) is 19.1. The number of thioether (sulfide) groups is 1. The molecule has 0 aliphatic carbocycles. The van der Waals surface area contributed by atoms with Crippen molar-refractivity contribution >= 4 is 50.9 Å². The summed E-state index contributed by atoms with van der Waals surface area (Å²) in [6, 6.07) is 17.9. The molecule has 0 amide bonds. The monoisotopic (exact) mass is 466 g/mol. The van der Waals surface area contributed by atoms with Crippen molar-refractivity contribution in [3.63, 3.8) is 0 Å². The molecular formula is C25H20Cl2N2OS. The van der Waals surface area contributed by atoms with Crippen LogP contribution in [0, 0.1) is 11.3 Å². The van der Waals surface area contributed by atoms with E-state index in [-0.39, 0.29) is 11.0 Å². The molecule has 0 bridgehead atoms. The molecule has 0 radical (unpaired) electrons. The van der Waals surface area contributed by atoms with Gasteiger partial charge in [0.1, 0.15) is 6.07 Å². The van der Waals surface area contributed by atoms with Gasteiger partial charge in [0, 0.05) is 23.9 Å². The maximum atomic E-state index is 12.8. The molecule has 6 heteroatoms. The molecule has 0 spiro atoms. The Balaban J connectivity index is 1.73. The molecule has 0 saturated carbocycles. The lowest BCUT2D eigenvalue weighted by Gasteiger charge is -2.26. The Kier molecular flexibility index (Phi) is 6.69. The van der Waals surface area contributed by atoms with Gasteiger partial charge in [0.2, 0.25) is 5.12 Å². The van der Waals surface area contributed by atoms with Crippen LogP contribution in [-0.4, -0.2) is 23.1 Å². The standard InChI is InChI=1S/C25H20Cl2N2OS/c1-2-5-18(16-8-9-22(26)23(27)11-16)13-29-14-21-20-7-4-3-6-17(20)10-19(12-28)25(21)31-24(30)15-29/h2-4,6-11,18H,1,5,13-15H2/t18-/m1/s1. The van der Waals surface area contributed by atoms with Crippen LogP contribution >= 0.6 is 35.0 Å². The molecule has 3 aromatic carbocycles. The van der Waals surface area contributed by atoms with Crippen molar-refractivity contribution < 1.29 is 4.79 Å². The fraction of sp³-hybridized carbons (Fsp3) is 0.200. The second-order valence-electron chi connectivity index (χ2n) is 7.60. The van der Waals surface area contributed by atoms with E-state index in [0.29, 0.717) is 35.2 Å². The minimum absolute atomic E-state index is 0.0389. The Morgan fingerprint density at radius 3 is 2.71 bits per heavy atom. The third kappa shape index (κ3) is 4.66. The summed E-state index contributed by atoms with van der Waals surface area (Å²) in [6.07, 6.45) is 2.64. The van der Waals surface area contributed by atoms with Gasteiger partial charge in [-0.3, -0.25) is 9.69 Å². The van der Waals surface area contributed by atoms with Crippen molar-refractivity contribution in [1.82, 2.24) is 4.90 Å². The fourth-order valence-electron chi connectivity index (χ4n) is 4.09. The summed E-state index contributed by atoms with van der Waals surface area (Å²) in [6.45, 7) is 5.48. The number of halogens is 2. The highest BCUT2D eigenvalue weighted by Gasteiger charge is 2.27. The van der Waals surface area contributed by atoms with E-state index in [1.54, 1.807) is 6.07 Å². The lowest BCUT2D eigenvalue weighted by molar-refractivity contribution is -0.112. The number of nitrogens with zero attached hydrogens (tertiary/aromatic N) is 2. The summed E-state index contributed by atoms with van der Waals surface area (Å²) in [4.78, 5) is 15.7. The highest BCUT2D eigenvalue weighted by molar-refractivity contribution is 8.13. The van der Waals surface area contributed by atoms with E-state index in [2.05, 4.69) is 23.6 Å². The summed E-state index contributed by atoms with van der Waals surface area (Å²) >= 11 is 13.5. The highest BCUT2D eigenvalue weighted by Crippen LogP contribution is 2.38. The van der Waals surface area contributed by atoms with Crippen LogP contribution in [0.15, 0.2) is 66.1 Å². The zero-order chi connectivity index (χ0) is 22.0. The van der Waals surface area contributed by atoms with Crippen LogP contribution in [0.25, 0.3) is 10.8 Å². The van der Waals surface area contributed by atoms with Crippen LogP contribution in [0.3, 0.4) is 0 Å². The molecule has 1 atom stereocenters. The number of fused-ring (bicyclic) bond motifs is 3. The van der Waals surface area contributed by atoms with Gasteiger partial charge < -0.3 is 0 Å². The largest absolute Gasteiger partial charge is 0.290 e. The molecule has 156 valence electrons. The number of rotatable bonds is 5. The molecule has 0 unspecified atom stereocenters. The molecular weight excluding hydrogens is 447 g/mol. The fourth-order valence-corrected chi connectivity index (χ4v) is 5.39. The molecule has 3 aromatic rings. The van der Waals surface area contributed by atoms with E-state index < -0.39 is 0 Å².